The van der Waals surface area contributed by atoms with E-state index in [-0.39, 0.29) is 0 Å². The van der Waals surface area contributed by atoms with Crippen molar-refractivity contribution in [3.63, 3.8) is 0 Å². The second kappa shape index (κ2) is 7.87. The van der Waals surface area contributed by atoms with E-state index in [1.807, 2.05) is 11.8 Å². The van der Waals surface area contributed by atoms with Crippen LogP contribution in [0.2, 0.25) is 0 Å². The number of guanidine groups is 2. The van der Waals surface area contributed by atoms with E-state index in [2.05, 4.69) is 65.3 Å². The predicted octanol–water partition coefficient (Wildman–Crippen LogP) is 4.40. The highest BCUT2D eigenvalue weighted by atomic mass is 32.2. The van der Waals surface area contributed by atoms with E-state index < -0.39 is 5.66 Å². The van der Waals surface area contributed by atoms with Crippen LogP contribution in [0.3, 0.4) is 0 Å². The number of nitrogens with zero attached hydrogens (tertiary/aromatic N) is 3. The third-order valence-electron chi connectivity index (χ3n) is 5.47. The van der Waals surface area contributed by atoms with Crippen LogP contribution in [0, 0.1) is 6.92 Å². The second-order valence-electron chi connectivity index (χ2n) is 7.56. The first-order valence-electron chi connectivity index (χ1n) is 9.84. The number of nitrogens with two attached hydrogens (primary N) is 2. The van der Waals surface area contributed by atoms with Crippen LogP contribution >= 0.6 is 11.8 Å². The number of para-hydroxylation sites is 1. The summed E-state index contributed by atoms with van der Waals surface area (Å²) < 4.78 is 0. The molecule has 0 bridgehead atoms. The van der Waals surface area contributed by atoms with E-state index in [9.17, 15) is 0 Å². The third kappa shape index (κ3) is 3.74. The fraction of sp³-hybridized carbons (Fsp3) is 0.364. The van der Waals surface area contributed by atoms with Crippen molar-refractivity contribution < 1.29 is 0 Å². The second-order valence-corrected chi connectivity index (χ2v) is 8.58. The number of benzene rings is 2. The quantitative estimate of drug-likeness (QED) is 0.755. The topological polar surface area (TPSA) is 80.0 Å². The molecule has 2 aromatic carbocycles. The van der Waals surface area contributed by atoms with Crippen molar-refractivity contribution in [2.24, 2.45) is 21.5 Å². The number of hydrogen-bond donors (Lipinski definition) is 2. The molecule has 1 aliphatic heterocycles. The highest BCUT2D eigenvalue weighted by Gasteiger charge is 2.43. The molecular formula is C22H27N5S. The Labute approximate surface area is 170 Å². The van der Waals surface area contributed by atoms with Crippen molar-refractivity contribution in [3.05, 3.63) is 59.7 Å². The maximum absolute atomic E-state index is 6.41. The molecule has 1 aliphatic carbocycles. The molecule has 4 N–H and O–H groups in total. The van der Waals surface area contributed by atoms with Crippen LogP contribution in [-0.2, 0) is 5.75 Å². The Morgan fingerprint density at radius 2 is 1.71 bits per heavy atom. The summed E-state index contributed by atoms with van der Waals surface area (Å²) >= 11 is 1.82. The molecule has 28 heavy (non-hydrogen) atoms. The van der Waals surface area contributed by atoms with Gasteiger partial charge < -0.3 is 11.5 Å². The Bertz CT molecular complexity index is 897. The zero-order valence-corrected chi connectivity index (χ0v) is 17.1. The van der Waals surface area contributed by atoms with Crippen LogP contribution in [0.4, 0.5) is 5.69 Å². The zero-order chi connectivity index (χ0) is 19.6. The van der Waals surface area contributed by atoms with Crippen molar-refractivity contribution in [2.75, 3.05) is 4.90 Å². The lowest BCUT2D eigenvalue weighted by Crippen LogP contribution is -2.58. The van der Waals surface area contributed by atoms with E-state index >= 15 is 0 Å². The molecule has 0 unspecified atom stereocenters. The van der Waals surface area contributed by atoms with Gasteiger partial charge in [0.15, 0.2) is 0 Å². The average Bonchev–Trinajstić information content (AvgIpc) is 2.68. The van der Waals surface area contributed by atoms with Gasteiger partial charge in [0.1, 0.15) is 5.66 Å². The fourth-order valence-electron chi connectivity index (χ4n) is 4.08. The van der Waals surface area contributed by atoms with Crippen molar-refractivity contribution in [3.8, 4) is 0 Å². The van der Waals surface area contributed by atoms with Gasteiger partial charge in [-0.25, -0.2) is 4.99 Å². The predicted molar refractivity (Wildman–Crippen MR) is 119 cm³/mol. The summed E-state index contributed by atoms with van der Waals surface area (Å²) in [6.07, 6.45) is 5.37. The number of hydrogen-bond acceptors (Lipinski definition) is 6. The molecule has 6 heteroatoms. The first kappa shape index (κ1) is 18.9. The summed E-state index contributed by atoms with van der Waals surface area (Å²) in [5, 5.41) is 0. The lowest BCUT2D eigenvalue weighted by atomic mass is 9.87. The molecule has 0 saturated heterocycles. The van der Waals surface area contributed by atoms with Gasteiger partial charge in [0.25, 0.3) is 0 Å². The van der Waals surface area contributed by atoms with E-state index in [1.54, 1.807) is 0 Å². The van der Waals surface area contributed by atoms with Crippen LogP contribution in [-0.4, -0.2) is 17.6 Å². The van der Waals surface area contributed by atoms with E-state index in [4.69, 9.17) is 16.5 Å². The SMILES string of the molecule is Cc1ccc(CSc2ccccc2N2C(N)=NC(N)=NC23CCCCC3)cc1. The van der Waals surface area contributed by atoms with Gasteiger partial charge in [-0.2, -0.15) is 4.99 Å². The summed E-state index contributed by atoms with van der Waals surface area (Å²) in [6.45, 7) is 2.11. The van der Waals surface area contributed by atoms with Crippen LogP contribution in [0.1, 0.15) is 43.2 Å². The third-order valence-corrected chi connectivity index (χ3v) is 6.61. The summed E-state index contributed by atoms with van der Waals surface area (Å²) in [7, 11) is 0. The van der Waals surface area contributed by atoms with Gasteiger partial charge in [0.2, 0.25) is 11.9 Å². The Balaban J connectivity index is 1.66. The molecule has 146 valence electrons. The molecule has 4 rings (SSSR count). The number of thioether (sulfide) groups is 1. The molecule has 1 spiro atoms. The van der Waals surface area contributed by atoms with E-state index in [1.165, 1.54) is 22.4 Å². The van der Waals surface area contributed by atoms with E-state index in [0.717, 1.165) is 37.1 Å². The van der Waals surface area contributed by atoms with E-state index in [0.29, 0.717) is 11.9 Å². The summed E-state index contributed by atoms with van der Waals surface area (Å²) in [4.78, 5) is 12.4. The highest BCUT2D eigenvalue weighted by molar-refractivity contribution is 7.98. The Morgan fingerprint density at radius 3 is 2.46 bits per heavy atom. The minimum absolute atomic E-state index is 0.292. The molecule has 1 fully saturated rings. The van der Waals surface area contributed by atoms with Gasteiger partial charge in [0, 0.05) is 10.6 Å². The standard InChI is InChI=1S/C22H27N5S/c1-16-9-11-17(12-10-16)15-28-19-8-4-3-7-18(19)27-21(24)25-20(23)26-22(27)13-5-2-6-14-22/h3-4,7-12H,2,5-6,13-15H2,1H3,(H4,23,24,25,26). The molecule has 2 aliphatic rings. The molecule has 0 aromatic heterocycles. The minimum Gasteiger partial charge on any atom is -0.369 e. The number of aryl methyl sites for hydroxylation is 1. The Morgan fingerprint density at radius 1 is 1.00 bits per heavy atom. The fourth-order valence-corrected chi connectivity index (χ4v) is 5.08. The minimum atomic E-state index is -0.408. The van der Waals surface area contributed by atoms with Crippen LogP contribution in [0.5, 0.6) is 0 Å². The average molecular weight is 394 g/mol. The monoisotopic (exact) mass is 393 g/mol. The van der Waals surface area contributed by atoms with Gasteiger partial charge in [-0.05, 0) is 50.3 Å². The summed E-state index contributed by atoms with van der Waals surface area (Å²) in [5.41, 5.74) is 15.7. The molecular weight excluding hydrogens is 366 g/mol. The highest BCUT2D eigenvalue weighted by Crippen LogP contribution is 2.43. The lowest BCUT2D eigenvalue weighted by Gasteiger charge is -2.46. The zero-order valence-electron chi connectivity index (χ0n) is 16.3. The first-order valence-corrected chi connectivity index (χ1v) is 10.8. The summed E-state index contributed by atoms with van der Waals surface area (Å²) in [5.74, 6) is 1.64. The molecule has 1 heterocycles. The molecule has 0 amide bonds. The summed E-state index contributed by atoms with van der Waals surface area (Å²) in [6, 6.07) is 17.1. The molecule has 5 nitrogen and oxygen atoms in total. The molecule has 0 radical (unpaired) electrons. The van der Waals surface area contributed by atoms with Gasteiger partial charge in [-0.15, -0.1) is 11.8 Å². The maximum atomic E-state index is 6.41. The number of rotatable bonds is 4. The maximum Gasteiger partial charge on any atom is 0.220 e. The van der Waals surface area contributed by atoms with Crippen molar-refractivity contribution in [2.45, 2.75) is 55.3 Å². The lowest BCUT2D eigenvalue weighted by molar-refractivity contribution is 0.305. The number of aliphatic imine (C=N–C) groups is 2. The van der Waals surface area contributed by atoms with Crippen molar-refractivity contribution >= 4 is 29.4 Å². The first-order chi connectivity index (χ1) is 13.6. The Hall–Kier alpha value is -2.47. The molecule has 0 atom stereocenters. The smallest absolute Gasteiger partial charge is 0.220 e. The normalized spacial score (nSPS) is 18.7. The van der Waals surface area contributed by atoms with Crippen molar-refractivity contribution in [1.82, 2.24) is 0 Å². The van der Waals surface area contributed by atoms with Gasteiger partial charge in [-0.1, -0.05) is 48.4 Å². The molecule has 2 aromatic rings. The number of anilines is 1. The van der Waals surface area contributed by atoms with Gasteiger partial charge in [0.05, 0.1) is 5.69 Å². The Kier molecular flexibility index (Phi) is 5.31. The van der Waals surface area contributed by atoms with Crippen molar-refractivity contribution in [1.29, 1.82) is 0 Å². The van der Waals surface area contributed by atoms with Crippen LogP contribution < -0.4 is 16.4 Å². The molecule has 1 saturated carbocycles. The van der Waals surface area contributed by atoms with Crippen LogP contribution in [0.25, 0.3) is 0 Å². The van der Waals surface area contributed by atoms with Gasteiger partial charge in [-0.3, -0.25) is 4.90 Å². The largest absolute Gasteiger partial charge is 0.369 e. The van der Waals surface area contributed by atoms with Crippen LogP contribution in [0.15, 0.2) is 63.4 Å². The van der Waals surface area contributed by atoms with Gasteiger partial charge >= 0.3 is 0 Å².